The smallest absolute Gasteiger partial charge is 0.332 e. The summed E-state index contributed by atoms with van der Waals surface area (Å²) >= 11 is 0. The quantitative estimate of drug-likeness (QED) is 0.0455. The lowest BCUT2D eigenvalue weighted by Gasteiger charge is -2.20. The third kappa shape index (κ3) is 17.1. The fourth-order valence-electron chi connectivity index (χ4n) is 9.16. The number of nitrogens with two attached hydrogens (primary N) is 1. The number of aliphatic imine (C=N–C) groups is 1. The Morgan fingerprint density at radius 1 is 0.676 bits per heavy atom. The third-order valence-electron chi connectivity index (χ3n) is 12.9. The molecule has 0 saturated carbocycles. The first-order valence-corrected chi connectivity index (χ1v) is 28.3. The summed E-state index contributed by atoms with van der Waals surface area (Å²) in [7, 11) is -3.99. The number of nitrogens with zero attached hydrogens (tertiary/aromatic N) is 5. The Bertz CT molecular complexity index is 3070. The van der Waals surface area contributed by atoms with Gasteiger partial charge in [-0.25, -0.2) is 46.3 Å². The lowest BCUT2D eigenvalue weighted by Crippen LogP contribution is -2.37. The average Bonchev–Trinajstić information content (AvgIpc) is 4.10. The molecule has 0 radical (unpaired) electrons. The number of fused-ring (bicyclic) bond motifs is 2. The zero-order chi connectivity index (χ0) is 52.9. The Morgan fingerprint density at radius 3 is 1.69 bits per heavy atom. The van der Waals surface area contributed by atoms with E-state index >= 15 is 0 Å². The number of sulfonamides is 2. The largest absolute Gasteiger partial charge is 0.481 e. The minimum absolute atomic E-state index is 0.0539. The number of aromatic nitrogens is 2. The molecule has 0 fully saturated rings. The molecule has 0 spiro atoms. The first-order valence-electron chi connectivity index (χ1n) is 25.0. The van der Waals surface area contributed by atoms with Crippen LogP contribution in [0.15, 0.2) is 127 Å². The SMILES string of the molecule is CCN(CCCS(=O)(=O)NC(=O)Nc1c(-c2ccnc(OC)c2)ccc2c1CCC2)Cc1ccccc1.CCN(CCCS(N)(=O)=O)Cc1ccccc1.COc1cc(-c2ccc3c(c2N=C=O)CCC3)ccn1. The minimum atomic E-state index is -3.80. The number of urea groups is 1. The van der Waals surface area contributed by atoms with Gasteiger partial charge in [-0.1, -0.05) is 98.8 Å². The number of pyridine rings is 2. The van der Waals surface area contributed by atoms with Crippen molar-refractivity contribution in [3.8, 4) is 34.0 Å². The fourth-order valence-corrected chi connectivity index (χ4v) is 10.6. The van der Waals surface area contributed by atoms with Crippen LogP contribution in [-0.2, 0) is 63.6 Å². The van der Waals surface area contributed by atoms with Gasteiger partial charge in [-0.05, 0) is 134 Å². The predicted octanol–water partition coefficient (Wildman–Crippen LogP) is 9.01. The second-order valence-corrected chi connectivity index (χ2v) is 21.5. The molecule has 0 unspecified atom stereocenters. The summed E-state index contributed by atoms with van der Waals surface area (Å²) in [6, 6.07) is 35.0. The lowest BCUT2D eigenvalue weighted by molar-refractivity contribution is 0.256. The maximum absolute atomic E-state index is 12.9. The van der Waals surface area contributed by atoms with Gasteiger partial charge in [0.25, 0.3) is 0 Å². The van der Waals surface area contributed by atoms with Crippen molar-refractivity contribution in [1.29, 1.82) is 0 Å². The van der Waals surface area contributed by atoms with E-state index in [0.717, 1.165) is 105 Å². The molecule has 16 nitrogen and oxygen atoms in total. The van der Waals surface area contributed by atoms with Crippen LogP contribution in [0.1, 0.15) is 72.9 Å². The van der Waals surface area contributed by atoms with Crippen molar-refractivity contribution in [3.05, 3.63) is 155 Å². The number of rotatable bonds is 21. The van der Waals surface area contributed by atoms with Gasteiger partial charge >= 0.3 is 6.03 Å². The molecule has 74 heavy (non-hydrogen) atoms. The molecular formula is C56H68N8O8S2. The van der Waals surface area contributed by atoms with E-state index in [1.807, 2.05) is 66.7 Å². The second-order valence-electron chi connectivity index (χ2n) is 18.0. The number of anilines is 1. The molecular weight excluding hydrogens is 977 g/mol. The van der Waals surface area contributed by atoms with Crippen molar-refractivity contribution in [2.45, 2.75) is 78.3 Å². The average molecular weight is 1050 g/mol. The van der Waals surface area contributed by atoms with Crippen LogP contribution in [0.2, 0.25) is 0 Å². The number of aryl methyl sites for hydroxylation is 2. The van der Waals surface area contributed by atoms with E-state index in [0.29, 0.717) is 36.8 Å². The molecule has 0 aliphatic heterocycles. The minimum Gasteiger partial charge on any atom is -0.481 e. The molecule has 2 aromatic heterocycles. The number of primary sulfonamides is 1. The van der Waals surface area contributed by atoms with Gasteiger partial charge in [-0.15, -0.1) is 0 Å². The van der Waals surface area contributed by atoms with Crippen molar-refractivity contribution in [2.75, 3.05) is 57.2 Å². The number of isocyanates is 1. The molecule has 4 N–H and O–H groups in total. The maximum atomic E-state index is 12.9. The lowest BCUT2D eigenvalue weighted by atomic mass is 9.98. The topological polar surface area (TPSA) is 216 Å². The standard InChI is InChI=1S/C28H34N4O4S.C16H14N2O2.C12H20N2O2S/c1-3-32(20-21-9-5-4-6-10-21)17-8-18-37(34,35)31-28(33)30-27-24-12-7-11-22(24)13-14-25(27)23-15-16-29-26(19-23)36-2;1-20-15-9-12(7-8-17-15)14-6-5-11-3-2-4-13(11)16(14)18-10-19;1-2-14(9-6-10-17(13,15)16)11-12-7-4-3-5-8-12/h4-6,9-10,13-16,19H,3,7-8,11-12,17-18,20H2,1-2H3,(H2,30,31,33);5-9H,2-4H2,1H3;3-5,7-8H,2,6,9-11H2,1H3,(H2,13,15,16). The number of hydrogen-bond donors (Lipinski definition) is 3. The molecule has 2 heterocycles. The van der Waals surface area contributed by atoms with E-state index in [1.165, 1.54) is 27.8 Å². The predicted molar refractivity (Wildman–Crippen MR) is 292 cm³/mol. The van der Waals surface area contributed by atoms with Crippen molar-refractivity contribution < 1.29 is 35.9 Å². The van der Waals surface area contributed by atoms with Gasteiger partial charge in [-0.2, -0.15) is 4.99 Å². The summed E-state index contributed by atoms with van der Waals surface area (Å²) in [4.78, 5) is 40.2. The number of methoxy groups -OCH3 is 2. The zero-order valence-corrected chi connectivity index (χ0v) is 44.4. The van der Waals surface area contributed by atoms with Crippen LogP contribution >= 0.6 is 0 Å². The van der Waals surface area contributed by atoms with Gasteiger partial charge in [0.05, 0.1) is 37.1 Å². The van der Waals surface area contributed by atoms with Gasteiger partial charge in [0.1, 0.15) is 0 Å². The van der Waals surface area contributed by atoms with Gasteiger partial charge in [0, 0.05) is 48.7 Å². The first-order chi connectivity index (χ1) is 35.7. The number of carbonyl (C=O) groups excluding carboxylic acids is 2. The fraction of sp³-hybridized carbons (Fsp3) is 0.357. The highest BCUT2D eigenvalue weighted by Crippen LogP contribution is 2.40. The Balaban J connectivity index is 0.000000202. The van der Waals surface area contributed by atoms with Crippen LogP contribution in [0.4, 0.5) is 16.2 Å². The van der Waals surface area contributed by atoms with Crippen LogP contribution in [0.25, 0.3) is 22.3 Å². The third-order valence-corrected chi connectivity index (χ3v) is 15.1. The number of hydrogen-bond acceptors (Lipinski definition) is 13. The Morgan fingerprint density at radius 2 is 1.18 bits per heavy atom. The molecule has 0 bridgehead atoms. The summed E-state index contributed by atoms with van der Waals surface area (Å²) in [6.07, 6.45) is 11.9. The summed E-state index contributed by atoms with van der Waals surface area (Å²) in [5, 5.41) is 7.81. The molecule has 6 aromatic rings. The number of benzene rings is 4. The van der Waals surface area contributed by atoms with E-state index < -0.39 is 26.1 Å². The summed E-state index contributed by atoms with van der Waals surface area (Å²) in [6.45, 7) is 8.81. The number of carbonyl (C=O) groups is 1. The molecule has 0 saturated heterocycles. The maximum Gasteiger partial charge on any atom is 0.332 e. The Labute approximate surface area is 436 Å². The number of ether oxygens (including phenoxy) is 2. The van der Waals surface area contributed by atoms with Gasteiger partial charge in [0.15, 0.2) is 0 Å². The first kappa shape index (κ1) is 56.5. The number of amides is 2. The molecule has 392 valence electrons. The zero-order valence-electron chi connectivity index (χ0n) is 42.8. The molecule has 2 aliphatic carbocycles. The van der Waals surface area contributed by atoms with Gasteiger partial charge in [0.2, 0.25) is 37.9 Å². The summed E-state index contributed by atoms with van der Waals surface area (Å²) < 4.78 is 59.7. The molecule has 4 aromatic carbocycles. The van der Waals surface area contributed by atoms with E-state index in [2.05, 4.69) is 85.0 Å². The molecule has 18 heteroatoms. The summed E-state index contributed by atoms with van der Waals surface area (Å²) in [5.41, 5.74) is 12.0. The van der Waals surface area contributed by atoms with Crippen molar-refractivity contribution in [2.24, 2.45) is 10.1 Å². The van der Waals surface area contributed by atoms with E-state index in [-0.39, 0.29) is 11.5 Å². The molecule has 2 amide bonds. The highest BCUT2D eigenvalue weighted by molar-refractivity contribution is 7.90. The Kier molecular flexibility index (Phi) is 21.4. The van der Waals surface area contributed by atoms with Crippen LogP contribution in [-0.4, -0.2) is 101 Å². The van der Waals surface area contributed by atoms with Crippen LogP contribution in [0.5, 0.6) is 11.8 Å². The van der Waals surface area contributed by atoms with E-state index in [1.54, 1.807) is 38.8 Å². The van der Waals surface area contributed by atoms with Crippen LogP contribution < -0.4 is 24.7 Å². The normalized spacial score (nSPS) is 12.6. The number of nitrogens with one attached hydrogen (secondary N) is 2. The van der Waals surface area contributed by atoms with Crippen LogP contribution in [0, 0.1) is 0 Å². The van der Waals surface area contributed by atoms with Gasteiger partial charge < -0.3 is 14.8 Å². The van der Waals surface area contributed by atoms with E-state index in [9.17, 15) is 26.4 Å². The summed E-state index contributed by atoms with van der Waals surface area (Å²) in [5.74, 6) is 0.930. The van der Waals surface area contributed by atoms with Crippen molar-refractivity contribution >= 4 is 43.5 Å². The Hall–Kier alpha value is -6.79. The second kappa shape index (κ2) is 28.0. The van der Waals surface area contributed by atoms with Crippen molar-refractivity contribution in [1.82, 2.24) is 24.5 Å². The highest BCUT2D eigenvalue weighted by Gasteiger charge is 2.23. The van der Waals surface area contributed by atoms with Crippen molar-refractivity contribution in [3.63, 3.8) is 0 Å². The molecule has 2 aliphatic rings. The monoisotopic (exact) mass is 1040 g/mol. The molecule has 8 rings (SSSR count). The van der Waals surface area contributed by atoms with Crippen LogP contribution in [0.3, 0.4) is 0 Å². The van der Waals surface area contributed by atoms with E-state index in [4.69, 9.17) is 14.6 Å². The molecule has 0 atom stereocenters. The highest BCUT2D eigenvalue weighted by atomic mass is 32.2. The van der Waals surface area contributed by atoms with Gasteiger partial charge in [-0.3, -0.25) is 9.80 Å².